The summed E-state index contributed by atoms with van der Waals surface area (Å²) in [6, 6.07) is 5.98. The van der Waals surface area contributed by atoms with Crippen LogP contribution in [0.15, 0.2) is 30.5 Å². The van der Waals surface area contributed by atoms with Crippen LogP contribution in [0.25, 0.3) is 0 Å². The van der Waals surface area contributed by atoms with Crippen LogP contribution in [-0.4, -0.2) is 9.97 Å². The van der Waals surface area contributed by atoms with Crippen molar-refractivity contribution in [3.63, 3.8) is 0 Å². The summed E-state index contributed by atoms with van der Waals surface area (Å²) in [6.45, 7) is 0.0172. The molecule has 0 saturated carbocycles. The lowest BCUT2D eigenvalue weighted by Gasteiger charge is -2.05. The molecule has 0 unspecified atom stereocenters. The quantitative estimate of drug-likeness (QED) is 0.803. The van der Waals surface area contributed by atoms with E-state index in [0.717, 1.165) is 0 Å². The molecular weight excluding hydrogens is 266 g/mol. The van der Waals surface area contributed by atoms with Gasteiger partial charge in [0.25, 0.3) is 0 Å². The molecule has 88 valence electrons. The average molecular weight is 273 g/mol. The second-order valence-corrected chi connectivity index (χ2v) is 4.01. The second-order valence-electron chi connectivity index (χ2n) is 3.19. The molecule has 0 aliphatic carbocycles. The van der Waals surface area contributed by atoms with Crippen molar-refractivity contribution >= 4 is 23.2 Å². The molecule has 6 heteroatoms. The predicted octanol–water partition coefficient (Wildman–Crippen LogP) is 3.50. The molecule has 1 aromatic heterocycles. The minimum atomic E-state index is -0.431. The Bertz CT molecular complexity index is 537. The number of hydrogen-bond donors (Lipinski definition) is 0. The van der Waals surface area contributed by atoms with E-state index in [1.54, 1.807) is 12.1 Å². The largest absolute Gasteiger partial charge is 0.458 e. The summed E-state index contributed by atoms with van der Waals surface area (Å²) in [5.41, 5.74) is 0.373. The minimum Gasteiger partial charge on any atom is -0.458 e. The van der Waals surface area contributed by atoms with Gasteiger partial charge in [0.1, 0.15) is 17.6 Å². The van der Waals surface area contributed by atoms with Crippen LogP contribution >= 0.6 is 23.2 Å². The number of nitrogens with zero attached hydrogens (tertiary/aromatic N) is 2. The highest BCUT2D eigenvalue weighted by Gasteiger charge is 2.05. The molecule has 0 aliphatic heterocycles. The normalized spacial score (nSPS) is 10.3. The van der Waals surface area contributed by atoms with Gasteiger partial charge < -0.3 is 4.74 Å². The summed E-state index contributed by atoms with van der Waals surface area (Å²) >= 11 is 11.3. The van der Waals surface area contributed by atoms with E-state index in [0.29, 0.717) is 10.6 Å². The van der Waals surface area contributed by atoms with E-state index < -0.39 is 5.82 Å². The second kappa shape index (κ2) is 5.29. The number of hydrogen-bond acceptors (Lipinski definition) is 3. The van der Waals surface area contributed by atoms with Crippen molar-refractivity contribution in [2.45, 2.75) is 6.61 Å². The molecule has 0 N–H and O–H groups in total. The van der Waals surface area contributed by atoms with Gasteiger partial charge in [-0.15, -0.1) is 0 Å². The summed E-state index contributed by atoms with van der Waals surface area (Å²) in [6.07, 6.45) is 1.46. The van der Waals surface area contributed by atoms with Crippen molar-refractivity contribution in [2.24, 2.45) is 0 Å². The Hall–Kier alpha value is -1.39. The molecule has 2 aromatic rings. The molecule has 0 fully saturated rings. The van der Waals surface area contributed by atoms with Gasteiger partial charge >= 0.3 is 6.01 Å². The van der Waals surface area contributed by atoms with Crippen LogP contribution in [0, 0.1) is 5.82 Å². The maximum atomic E-state index is 13.4. The topological polar surface area (TPSA) is 35.0 Å². The fourth-order valence-corrected chi connectivity index (χ4v) is 1.46. The fraction of sp³-hybridized carbons (Fsp3) is 0.0909. The van der Waals surface area contributed by atoms with Crippen molar-refractivity contribution in [1.82, 2.24) is 9.97 Å². The third kappa shape index (κ3) is 3.28. The first-order valence-corrected chi connectivity index (χ1v) is 5.46. The Morgan fingerprint density at radius 2 is 2.06 bits per heavy atom. The standard InChI is InChI=1S/C11H7Cl2FN2O/c12-8-2-1-7(9(14)5-8)6-17-11-15-4-3-10(13)16-11/h1-5H,6H2. The van der Waals surface area contributed by atoms with E-state index >= 15 is 0 Å². The molecular formula is C11H7Cl2FN2O. The summed E-state index contributed by atoms with van der Waals surface area (Å²) in [5, 5.41) is 0.608. The maximum Gasteiger partial charge on any atom is 0.318 e. The van der Waals surface area contributed by atoms with Gasteiger partial charge in [-0.25, -0.2) is 9.37 Å². The molecule has 0 radical (unpaired) electrons. The predicted molar refractivity (Wildman–Crippen MR) is 62.8 cm³/mol. The van der Waals surface area contributed by atoms with E-state index in [2.05, 4.69) is 9.97 Å². The first kappa shape index (κ1) is 12.1. The molecule has 1 heterocycles. The van der Waals surface area contributed by atoms with Crippen LogP contribution in [0.3, 0.4) is 0 Å². The summed E-state index contributed by atoms with van der Waals surface area (Å²) in [4.78, 5) is 7.65. The van der Waals surface area contributed by atoms with Crippen molar-refractivity contribution in [1.29, 1.82) is 0 Å². The monoisotopic (exact) mass is 272 g/mol. The van der Waals surface area contributed by atoms with Crippen LogP contribution in [0.5, 0.6) is 6.01 Å². The smallest absolute Gasteiger partial charge is 0.318 e. The zero-order chi connectivity index (χ0) is 12.3. The summed E-state index contributed by atoms with van der Waals surface area (Å²) in [5.74, 6) is -0.431. The lowest BCUT2D eigenvalue weighted by atomic mass is 10.2. The van der Waals surface area contributed by atoms with E-state index in [4.69, 9.17) is 27.9 Å². The van der Waals surface area contributed by atoms with Crippen molar-refractivity contribution in [2.75, 3.05) is 0 Å². The van der Waals surface area contributed by atoms with Crippen molar-refractivity contribution in [3.05, 3.63) is 52.0 Å². The van der Waals surface area contributed by atoms with Crippen molar-refractivity contribution < 1.29 is 9.13 Å². The van der Waals surface area contributed by atoms with Crippen LogP contribution in [-0.2, 0) is 6.61 Å². The molecule has 0 bridgehead atoms. The molecule has 17 heavy (non-hydrogen) atoms. The van der Waals surface area contributed by atoms with Crippen LogP contribution in [0.2, 0.25) is 10.2 Å². The third-order valence-corrected chi connectivity index (χ3v) is 2.42. The fourth-order valence-electron chi connectivity index (χ4n) is 1.17. The van der Waals surface area contributed by atoms with E-state index in [1.165, 1.54) is 18.3 Å². The zero-order valence-corrected chi connectivity index (χ0v) is 10.0. The summed E-state index contributed by atoms with van der Waals surface area (Å²) < 4.78 is 18.6. The molecule has 3 nitrogen and oxygen atoms in total. The highest BCUT2D eigenvalue weighted by molar-refractivity contribution is 6.30. The zero-order valence-electron chi connectivity index (χ0n) is 8.53. The lowest BCUT2D eigenvalue weighted by Crippen LogP contribution is -2.01. The number of halogens is 3. The molecule has 0 saturated heterocycles. The van der Waals surface area contributed by atoms with E-state index in [9.17, 15) is 4.39 Å². The van der Waals surface area contributed by atoms with E-state index in [-0.39, 0.29) is 17.8 Å². The number of rotatable bonds is 3. The minimum absolute atomic E-state index is 0.0172. The van der Waals surface area contributed by atoms with Gasteiger partial charge in [-0.1, -0.05) is 29.3 Å². The van der Waals surface area contributed by atoms with Crippen LogP contribution in [0.1, 0.15) is 5.56 Å². The van der Waals surface area contributed by atoms with Crippen LogP contribution < -0.4 is 4.74 Å². The Labute approximate surface area is 107 Å². The molecule has 0 aliphatic rings. The first-order valence-electron chi connectivity index (χ1n) is 4.70. The van der Waals surface area contributed by atoms with Gasteiger partial charge in [0.15, 0.2) is 0 Å². The lowest BCUT2D eigenvalue weighted by molar-refractivity contribution is 0.275. The molecule has 0 amide bonds. The highest BCUT2D eigenvalue weighted by Crippen LogP contribution is 2.16. The summed E-state index contributed by atoms with van der Waals surface area (Å²) in [7, 11) is 0. The SMILES string of the molecule is Fc1cc(Cl)ccc1COc1nccc(Cl)n1. The van der Waals surface area contributed by atoms with Gasteiger partial charge in [0.2, 0.25) is 0 Å². The van der Waals surface area contributed by atoms with Gasteiger partial charge in [0, 0.05) is 16.8 Å². The van der Waals surface area contributed by atoms with E-state index in [1.807, 2.05) is 0 Å². The maximum absolute atomic E-state index is 13.4. The van der Waals surface area contributed by atoms with Crippen molar-refractivity contribution in [3.8, 4) is 6.01 Å². The number of ether oxygens (including phenoxy) is 1. The molecule has 0 spiro atoms. The van der Waals surface area contributed by atoms with Gasteiger partial charge in [0.05, 0.1) is 0 Å². The molecule has 2 rings (SSSR count). The Kier molecular flexibility index (Phi) is 3.76. The average Bonchev–Trinajstić information content (AvgIpc) is 2.28. The highest BCUT2D eigenvalue weighted by atomic mass is 35.5. The van der Waals surface area contributed by atoms with Crippen LogP contribution in [0.4, 0.5) is 4.39 Å². The Balaban J connectivity index is 2.07. The molecule has 1 aromatic carbocycles. The first-order chi connectivity index (χ1) is 8.15. The third-order valence-electron chi connectivity index (χ3n) is 1.97. The van der Waals surface area contributed by atoms with Gasteiger partial charge in [-0.05, 0) is 18.2 Å². The van der Waals surface area contributed by atoms with Gasteiger partial charge in [-0.2, -0.15) is 4.98 Å². The number of benzene rings is 1. The van der Waals surface area contributed by atoms with Gasteiger partial charge in [-0.3, -0.25) is 0 Å². The number of aromatic nitrogens is 2. The Morgan fingerprint density at radius 3 is 2.76 bits per heavy atom. The molecule has 0 atom stereocenters. The Morgan fingerprint density at radius 1 is 1.24 bits per heavy atom.